The van der Waals surface area contributed by atoms with Crippen LogP contribution >= 0.6 is 31.9 Å². The number of hydrogen-bond acceptors (Lipinski definition) is 5. The summed E-state index contributed by atoms with van der Waals surface area (Å²) >= 11 is 6.70. The Morgan fingerprint density at radius 3 is 2.38 bits per heavy atom. The third-order valence-electron chi connectivity index (χ3n) is 3.44. The van der Waals surface area contributed by atoms with Gasteiger partial charge in [0.05, 0.1) is 10.6 Å². The molecule has 1 N–H and O–H groups in total. The van der Waals surface area contributed by atoms with Gasteiger partial charge in [-0.05, 0) is 69.0 Å². The number of esters is 1. The van der Waals surface area contributed by atoms with E-state index in [9.17, 15) is 19.7 Å². The number of nitro groups is 1. The van der Waals surface area contributed by atoms with E-state index >= 15 is 0 Å². The molecule has 0 atom stereocenters. The van der Waals surface area contributed by atoms with Gasteiger partial charge in [-0.25, -0.2) is 4.79 Å². The largest absolute Gasteiger partial charge is 0.452 e. The monoisotopic (exact) mass is 484 g/mol. The van der Waals surface area contributed by atoms with Gasteiger partial charge in [-0.3, -0.25) is 14.9 Å². The number of carbonyl (C=O) groups is 2. The van der Waals surface area contributed by atoms with Crippen molar-refractivity contribution < 1.29 is 19.2 Å². The van der Waals surface area contributed by atoms with Crippen molar-refractivity contribution in [1.82, 2.24) is 0 Å². The number of carbonyl (C=O) groups excluding carboxylic acids is 2. The van der Waals surface area contributed by atoms with E-state index in [-0.39, 0.29) is 11.3 Å². The van der Waals surface area contributed by atoms with Gasteiger partial charge in [0.25, 0.3) is 11.6 Å². The maximum Gasteiger partial charge on any atom is 0.345 e. The fourth-order valence-electron chi connectivity index (χ4n) is 2.27. The van der Waals surface area contributed by atoms with Crippen LogP contribution in [0.3, 0.4) is 0 Å². The summed E-state index contributed by atoms with van der Waals surface area (Å²) in [7, 11) is 0. The molecule has 2 aromatic carbocycles. The zero-order chi connectivity index (χ0) is 19.4. The molecular formula is C17H14Br2N2O5. The maximum atomic E-state index is 12.2. The first-order valence-electron chi connectivity index (χ1n) is 7.37. The zero-order valence-corrected chi connectivity index (χ0v) is 17.0. The lowest BCUT2D eigenvalue weighted by atomic mass is 10.1. The highest BCUT2D eigenvalue weighted by molar-refractivity contribution is 9.11. The molecule has 0 fully saturated rings. The Kier molecular flexibility index (Phi) is 6.49. The second kappa shape index (κ2) is 8.41. The van der Waals surface area contributed by atoms with E-state index in [1.165, 1.54) is 12.1 Å². The van der Waals surface area contributed by atoms with Gasteiger partial charge in [0.1, 0.15) is 5.56 Å². The van der Waals surface area contributed by atoms with E-state index in [0.717, 1.165) is 5.56 Å². The van der Waals surface area contributed by atoms with Crippen LogP contribution in [-0.4, -0.2) is 23.4 Å². The predicted octanol–water partition coefficient (Wildman–Crippen LogP) is 4.53. The van der Waals surface area contributed by atoms with Crippen molar-refractivity contribution >= 4 is 55.1 Å². The van der Waals surface area contributed by atoms with Gasteiger partial charge < -0.3 is 10.1 Å². The van der Waals surface area contributed by atoms with Gasteiger partial charge in [0, 0.05) is 15.0 Å². The normalized spacial score (nSPS) is 10.3. The summed E-state index contributed by atoms with van der Waals surface area (Å²) in [4.78, 5) is 34.7. The summed E-state index contributed by atoms with van der Waals surface area (Å²) in [6.45, 7) is 2.89. The number of rotatable bonds is 5. The molecule has 0 aromatic heterocycles. The highest BCUT2D eigenvalue weighted by Gasteiger charge is 2.24. The van der Waals surface area contributed by atoms with Gasteiger partial charge in [0.2, 0.25) is 0 Å². The highest BCUT2D eigenvalue weighted by Crippen LogP contribution is 2.32. The Bertz CT molecular complexity index is 876. The predicted molar refractivity (Wildman–Crippen MR) is 103 cm³/mol. The quantitative estimate of drug-likeness (QED) is 0.381. The smallest absolute Gasteiger partial charge is 0.345 e. The molecule has 9 heteroatoms. The minimum Gasteiger partial charge on any atom is -0.452 e. The Morgan fingerprint density at radius 1 is 1.19 bits per heavy atom. The summed E-state index contributed by atoms with van der Waals surface area (Å²) < 4.78 is 6.28. The minimum absolute atomic E-state index is 0.164. The molecule has 2 rings (SSSR count). The van der Waals surface area contributed by atoms with E-state index in [0.29, 0.717) is 20.2 Å². The highest BCUT2D eigenvalue weighted by atomic mass is 79.9. The fraction of sp³-hybridized carbons (Fsp3) is 0.176. The van der Waals surface area contributed by atoms with Crippen molar-refractivity contribution in [1.29, 1.82) is 0 Å². The number of nitrogens with zero attached hydrogens (tertiary/aromatic N) is 1. The van der Waals surface area contributed by atoms with Crippen LogP contribution in [0.15, 0.2) is 39.3 Å². The van der Waals surface area contributed by atoms with Crippen molar-refractivity contribution in [2.24, 2.45) is 0 Å². The van der Waals surface area contributed by atoms with E-state index < -0.39 is 23.4 Å². The number of nitrogens with one attached hydrogen (secondary N) is 1. The zero-order valence-electron chi connectivity index (χ0n) is 13.8. The Balaban J connectivity index is 2.09. The van der Waals surface area contributed by atoms with Gasteiger partial charge in [-0.15, -0.1) is 0 Å². The van der Waals surface area contributed by atoms with Crippen LogP contribution in [0.4, 0.5) is 11.4 Å². The first kappa shape index (κ1) is 20.1. The second-order valence-electron chi connectivity index (χ2n) is 5.45. The molecule has 0 heterocycles. The van der Waals surface area contributed by atoms with Crippen LogP contribution in [0.1, 0.15) is 21.5 Å². The molecule has 7 nitrogen and oxygen atoms in total. The molecule has 0 spiro atoms. The SMILES string of the molecule is Cc1cc(Br)c(NC(=O)COC(=O)c2c(C)cccc2[N+](=O)[O-])c(Br)c1. The van der Waals surface area contributed by atoms with Crippen molar-refractivity contribution in [3.8, 4) is 0 Å². The number of hydrogen-bond donors (Lipinski definition) is 1. The van der Waals surface area contributed by atoms with Crippen molar-refractivity contribution in [3.63, 3.8) is 0 Å². The molecule has 26 heavy (non-hydrogen) atoms. The van der Waals surface area contributed by atoms with Crippen LogP contribution in [0.2, 0.25) is 0 Å². The van der Waals surface area contributed by atoms with Crippen LogP contribution in [0.25, 0.3) is 0 Å². The van der Waals surface area contributed by atoms with Crippen LogP contribution < -0.4 is 5.32 Å². The van der Waals surface area contributed by atoms with E-state index in [4.69, 9.17) is 4.74 Å². The number of anilines is 1. The van der Waals surface area contributed by atoms with Gasteiger partial charge in [0.15, 0.2) is 6.61 Å². The Morgan fingerprint density at radius 2 is 1.81 bits per heavy atom. The number of benzene rings is 2. The molecule has 0 bridgehead atoms. The van der Waals surface area contributed by atoms with E-state index in [1.807, 2.05) is 19.1 Å². The number of halogens is 2. The summed E-state index contributed by atoms with van der Waals surface area (Å²) in [6.07, 6.45) is 0. The summed E-state index contributed by atoms with van der Waals surface area (Å²) in [5.41, 5.74) is 1.36. The standard InChI is InChI=1S/C17H14Br2N2O5/c1-9-6-11(18)16(12(19)7-9)20-14(22)8-26-17(23)15-10(2)4-3-5-13(15)21(24)25/h3-7H,8H2,1-2H3,(H,20,22). The molecule has 0 saturated carbocycles. The maximum absolute atomic E-state index is 12.2. The van der Waals surface area contributed by atoms with E-state index in [2.05, 4.69) is 37.2 Å². The molecule has 0 unspecified atom stereocenters. The fourth-order valence-corrected chi connectivity index (χ4v) is 3.88. The molecule has 2 aromatic rings. The number of amides is 1. The summed E-state index contributed by atoms with van der Waals surface area (Å²) in [5.74, 6) is -1.49. The first-order chi connectivity index (χ1) is 12.2. The third-order valence-corrected chi connectivity index (χ3v) is 4.69. The topological polar surface area (TPSA) is 98.5 Å². The van der Waals surface area contributed by atoms with Crippen molar-refractivity contribution in [2.45, 2.75) is 13.8 Å². The minimum atomic E-state index is -0.924. The summed E-state index contributed by atoms with van der Waals surface area (Å²) in [5, 5.41) is 13.7. The number of ether oxygens (including phenoxy) is 1. The number of aryl methyl sites for hydroxylation is 2. The average Bonchev–Trinajstić information content (AvgIpc) is 2.55. The summed E-state index contributed by atoms with van der Waals surface area (Å²) in [6, 6.07) is 7.89. The van der Waals surface area contributed by atoms with Gasteiger partial charge >= 0.3 is 5.97 Å². The average molecular weight is 486 g/mol. The second-order valence-corrected chi connectivity index (χ2v) is 7.16. The first-order valence-corrected chi connectivity index (χ1v) is 8.96. The van der Waals surface area contributed by atoms with Gasteiger partial charge in [-0.1, -0.05) is 12.1 Å². The molecule has 0 aliphatic heterocycles. The molecule has 136 valence electrons. The van der Waals surface area contributed by atoms with Crippen molar-refractivity contribution in [2.75, 3.05) is 11.9 Å². The molecule has 0 aliphatic rings. The van der Waals surface area contributed by atoms with Crippen LogP contribution in [-0.2, 0) is 9.53 Å². The molecule has 0 aliphatic carbocycles. The van der Waals surface area contributed by atoms with Gasteiger partial charge in [-0.2, -0.15) is 0 Å². The lowest BCUT2D eigenvalue weighted by Gasteiger charge is -2.11. The molecular weight excluding hydrogens is 472 g/mol. The Hall–Kier alpha value is -2.26. The lowest BCUT2D eigenvalue weighted by Crippen LogP contribution is -2.22. The lowest BCUT2D eigenvalue weighted by molar-refractivity contribution is -0.385. The molecule has 0 saturated heterocycles. The molecule has 0 radical (unpaired) electrons. The van der Waals surface area contributed by atoms with Crippen LogP contribution in [0.5, 0.6) is 0 Å². The molecule has 1 amide bonds. The van der Waals surface area contributed by atoms with Crippen molar-refractivity contribution in [3.05, 3.63) is 66.1 Å². The third kappa shape index (κ3) is 4.67. The van der Waals surface area contributed by atoms with E-state index in [1.54, 1.807) is 13.0 Å². The number of nitro benzene ring substituents is 1. The van der Waals surface area contributed by atoms with Crippen LogP contribution in [0, 0.1) is 24.0 Å². The Labute approximate surface area is 166 Å².